The number of hydrogen-bond acceptors (Lipinski definition) is 3. The minimum atomic E-state index is 0.596. The van der Waals surface area contributed by atoms with Crippen LogP contribution >= 0.6 is 0 Å². The monoisotopic (exact) mass is 435 g/mol. The van der Waals surface area contributed by atoms with Gasteiger partial charge in [0.05, 0.1) is 11.6 Å². The zero-order valence-electron chi connectivity index (χ0n) is 18.1. The van der Waals surface area contributed by atoms with Gasteiger partial charge < -0.3 is 8.83 Å². The molecule has 158 valence electrons. The van der Waals surface area contributed by atoms with Crippen LogP contribution in [0, 0.1) is 11.3 Å². The van der Waals surface area contributed by atoms with Gasteiger partial charge in [-0.25, -0.2) is 0 Å². The van der Waals surface area contributed by atoms with Crippen molar-refractivity contribution in [3.05, 3.63) is 109 Å². The number of nitrogens with zero attached hydrogens (tertiary/aromatic N) is 1. The van der Waals surface area contributed by atoms with E-state index in [1.807, 2.05) is 66.7 Å². The summed E-state index contributed by atoms with van der Waals surface area (Å²) in [7, 11) is 0. The predicted molar refractivity (Wildman–Crippen MR) is 137 cm³/mol. The lowest BCUT2D eigenvalue weighted by atomic mass is 9.89. The molecule has 2 aromatic heterocycles. The Bertz CT molecular complexity index is 1930. The van der Waals surface area contributed by atoms with Gasteiger partial charge in [-0.3, -0.25) is 0 Å². The molecule has 7 rings (SSSR count). The Morgan fingerprint density at radius 3 is 1.62 bits per heavy atom. The lowest BCUT2D eigenvalue weighted by Gasteiger charge is -2.13. The van der Waals surface area contributed by atoms with Gasteiger partial charge in [0.25, 0.3) is 0 Å². The highest BCUT2D eigenvalue weighted by molar-refractivity contribution is 6.14. The highest BCUT2D eigenvalue weighted by atomic mass is 16.3. The average Bonchev–Trinajstić information content (AvgIpc) is 3.47. The number of hydrogen-bond donors (Lipinski definition) is 0. The second kappa shape index (κ2) is 7.10. The molecule has 3 nitrogen and oxygen atoms in total. The van der Waals surface area contributed by atoms with Gasteiger partial charge in [0.1, 0.15) is 22.3 Å². The van der Waals surface area contributed by atoms with Crippen LogP contribution in [-0.2, 0) is 0 Å². The van der Waals surface area contributed by atoms with Gasteiger partial charge in [0.2, 0.25) is 0 Å². The van der Waals surface area contributed by atoms with E-state index in [-0.39, 0.29) is 0 Å². The Hall–Kier alpha value is -4.81. The molecule has 0 radical (unpaired) electrons. The van der Waals surface area contributed by atoms with Gasteiger partial charge in [-0.15, -0.1) is 0 Å². The number of furan rings is 2. The van der Waals surface area contributed by atoms with Crippen molar-refractivity contribution in [3.8, 4) is 28.3 Å². The Morgan fingerprint density at radius 2 is 0.971 bits per heavy atom. The number of nitriles is 1. The normalized spacial score (nSPS) is 11.5. The molecule has 0 atom stereocenters. The zero-order chi connectivity index (χ0) is 22.6. The molecule has 3 heteroatoms. The van der Waals surface area contributed by atoms with Crippen LogP contribution in [-0.4, -0.2) is 0 Å². The number of fused-ring (bicyclic) bond motifs is 6. The quantitative estimate of drug-likeness (QED) is 0.273. The summed E-state index contributed by atoms with van der Waals surface area (Å²) in [5.74, 6) is 0. The van der Waals surface area contributed by atoms with Crippen LogP contribution in [0.25, 0.3) is 66.1 Å². The maximum atomic E-state index is 10.1. The molecule has 0 unspecified atom stereocenters. The van der Waals surface area contributed by atoms with Crippen molar-refractivity contribution in [3.63, 3.8) is 0 Å². The van der Waals surface area contributed by atoms with Crippen molar-refractivity contribution in [2.75, 3.05) is 0 Å². The molecule has 0 saturated carbocycles. The molecular weight excluding hydrogens is 418 g/mol. The van der Waals surface area contributed by atoms with Gasteiger partial charge >= 0.3 is 0 Å². The smallest absolute Gasteiger partial charge is 0.143 e. The van der Waals surface area contributed by atoms with E-state index < -0.39 is 0 Å². The largest absolute Gasteiger partial charge is 0.455 e. The van der Waals surface area contributed by atoms with E-state index in [1.165, 1.54) is 0 Å². The third kappa shape index (κ3) is 2.57. The van der Waals surface area contributed by atoms with Crippen molar-refractivity contribution in [1.29, 1.82) is 5.26 Å². The first kappa shape index (κ1) is 18.7. The van der Waals surface area contributed by atoms with Crippen LogP contribution in [0.2, 0.25) is 0 Å². The summed E-state index contributed by atoms with van der Waals surface area (Å²) in [6, 6.07) is 36.7. The first-order valence-corrected chi connectivity index (χ1v) is 11.2. The summed E-state index contributed by atoms with van der Waals surface area (Å²) in [5, 5.41) is 14.3. The van der Waals surface area contributed by atoms with E-state index in [9.17, 15) is 5.26 Å². The second-order valence-electron chi connectivity index (χ2n) is 8.40. The molecular formula is C31H17NO2. The topological polar surface area (TPSA) is 50.1 Å². The van der Waals surface area contributed by atoms with Crippen molar-refractivity contribution < 1.29 is 8.83 Å². The molecule has 0 aliphatic heterocycles. The van der Waals surface area contributed by atoms with Gasteiger partial charge in [0, 0.05) is 38.2 Å². The maximum Gasteiger partial charge on any atom is 0.143 e. The molecule has 0 aliphatic carbocycles. The van der Waals surface area contributed by atoms with Crippen LogP contribution in [0.15, 0.2) is 112 Å². The summed E-state index contributed by atoms with van der Waals surface area (Å²) in [6.07, 6.45) is 0. The molecule has 2 heterocycles. The highest BCUT2D eigenvalue weighted by Crippen LogP contribution is 2.44. The molecule has 5 aromatic carbocycles. The van der Waals surface area contributed by atoms with E-state index in [2.05, 4.69) is 42.5 Å². The van der Waals surface area contributed by atoms with E-state index >= 15 is 0 Å². The fourth-order valence-corrected chi connectivity index (χ4v) is 5.06. The first-order valence-electron chi connectivity index (χ1n) is 11.2. The minimum absolute atomic E-state index is 0.596. The number of para-hydroxylation sites is 4. The van der Waals surface area contributed by atoms with E-state index in [4.69, 9.17) is 8.83 Å². The van der Waals surface area contributed by atoms with Gasteiger partial charge in [-0.2, -0.15) is 5.26 Å². The Morgan fingerprint density at radius 1 is 0.471 bits per heavy atom. The van der Waals surface area contributed by atoms with E-state index in [1.54, 1.807) is 0 Å². The Kier molecular flexibility index (Phi) is 3.91. The summed E-state index contributed by atoms with van der Waals surface area (Å²) in [6.45, 7) is 0. The predicted octanol–water partition coefficient (Wildman–Crippen LogP) is 8.69. The molecule has 0 saturated heterocycles. The Balaban J connectivity index is 1.60. The standard InChI is InChI=1S/C31H17NO2/c32-18-19-8-5-11-22(25-14-6-12-23-20-9-1-3-16-27(20)33-30(23)25)29(19)26-15-7-13-24-21-10-2-4-17-28(21)34-31(24)26/h1-17H. The highest BCUT2D eigenvalue weighted by Gasteiger charge is 2.21. The summed E-state index contributed by atoms with van der Waals surface area (Å²) < 4.78 is 12.7. The maximum absolute atomic E-state index is 10.1. The van der Waals surface area contributed by atoms with Crippen LogP contribution in [0.4, 0.5) is 0 Å². The number of benzene rings is 5. The second-order valence-corrected chi connectivity index (χ2v) is 8.40. The molecule has 0 fully saturated rings. The fraction of sp³-hybridized carbons (Fsp3) is 0. The fourth-order valence-electron chi connectivity index (χ4n) is 5.06. The summed E-state index contributed by atoms with van der Waals surface area (Å²) in [4.78, 5) is 0. The first-order chi connectivity index (χ1) is 16.8. The molecule has 0 spiro atoms. The van der Waals surface area contributed by atoms with Crippen molar-refractivity contribution in [1.82, 2.24) is 0 Å². The van der Waals surface area contributed by atoms with Crippen LogP contribution < -0.4 is 0 Å². The van der Waals surface area contributed by atoms with Crippen molar-refractivity contribution in [2.24, 2.45) is 0 Å². The van der Waals surface area contributed by atoms with E-state index in [0.29, 0.717) is 5.56 Å². The van der Waals surface area contributed by atoms with Crippen LogP contribution in [0.1, 0.15) is 5.56 Å². The summed E-state index contributed by atoms with van der Waals surface area (Å²) in [5.41, 5.74) is 7.52. The third-order valence-electron chi connectivity index (χ3n) is 6.55. The molecule has 34 heavy (non-hydrogen) atoms. The SMILES string of the molecule is N#Cc1cccc(-c2cccc3c2oc2ccccc23)c1-c1cccc2c1oc1ccccc12. The van der Waals surface area contributed by atoms with Crippen molar-refractivity contribution >= 4 is 43.9 Å². The van der Waals surface area contributed by atoms with Crippen molar-refractivity contribution in [2.45, 2.75) is 0 Å². The minimum Gasteiger partial charge on any atom is -0.455 e. The molecule has 7 aromatic rings. The molecule has 0 bridgehead atoms. The summed E-state index contributed by atoms with van der Waals surface area (Å²) >= 11 is 0. The average molecular weight is 435 g/mol. The third-order valence-corrected chi connectivity index (χ3v) is 6.55. The molecule has 0 N–H and O–H groups in total. The van der Waals surface area contributed by atoms with E-state index in [0.717, 1.165) is 66.1 Å². The van der Waals surface area contributed by atoms with Gasteiger partial charge in [-0.1, -0.05) is 84.9 Å². The molecule has 0 amide bonds. The van der Waals surface area contributed by atoms with Gasteiger partial charge in [-0.05, 0) is 23.8 Å². The lowest BCUT2D eigenvalue weighted by Crippen LogP contribution is -1.91. The van der Waals surface area contributed by atoms with Crippen LogP contribution in [0.3, 0.4) is 0 Å². The van der Waals surface area contributed by atoms with Crippen LogP contribution in [0.5, 0.6) is 0 Å². The zero-order valence-corrected chi connectivity index (χ0v) is 18.1. The Labute approximate surface area is 195 Å². The van der Waals surface area contributed by atoms with Gasteiger partial charge in [0.15, 0.2) is 0 Å². The molecule has 0 aliphatic rings. The number of rotatable bonds is 2. The lowest BCUT2D eigenvalue weighted by molar-refractivity contribution is 0.669.